The van der Waals surface area contributed by atoms with E-state index in [0.717, 1.165) is 30.2 Å². The van der Waals surface area contributed by atoms with Gasteiger partial charge in [-0.1, -0.05) is 0 Å². The van der Waals surface area contributed by atoms with E-state index in [9.17, 15) is 18.0 Å². The molecule has 25 heavy (non-hydrogen) atoms. The van der Waals surface area contributed by atoms with Crippen molar-refractivity contribution in [2.24, 2.45) is 7.05 Å². The number of aryl methyl sites for hydroxylation is 1. The van der Waals surface area contributed by atoms with Crippen LogP contribution in [0.5, 0.6) is 0 Å². The standard InChI is InChI=1S/C16H24F3N5O/c1-21-13(4-5-20-21)11-22-7-9-23(10-8-22)14-3-2-6-24(15(14)25)12-16(17,18)19/h4-5,14H,2-3,6-12H2,1H3. The molecular weight excluding hydrogens is 335 g/mol. The maximum absolute atomic E-state index is 12.6. The molecule has 3 heterocycles. The van der Waals surface area contributed by atoms with Crippen molar-refractivity contribution in [1.82, 2.24) is 24.5 Å². The number of nitrogens with zero attached hydrogens (tertiary/aromatic N) is 5. The minimum atomic E-state index is -4.33. The number of aromatic nitrogens is 2. The molecule has 2 saturated heterocycles. The molecule has 1 aromatic heterocycles. The Hall–Kier alpha value is -1.61. The highest BCUT2D eigenvalue weighted by atomic mass is 19.4. The number of piperazine rings is 1. The number of halogens is 3. The van der Waals surface area contributed by atoms with Crippen LogP contribution >= 0.6 is 0 Å². The molecule has 0 aromatic carbocycles. The summed E-state index contributed by atoms with van der Waals surface area (Å²) in [6.45, 7) is 2.87. The molecule has 2 aliphatic heterocycles. The van der Waals surface area contributed by atoms with Crippen molar-refractivity contribution in [3.8, 4) is 0 Å². The maximum atomic E-state index is 12.6. The molecule has 0 N–H and O–H groups in total. The Labute approximate surface area is 145 Å². The number of carbonyl (C=O) groups is 1. The zero-order valence-corrected chi connectivity index (χ0v) is 14.4. The highest BCUT2D eigenvalue weighted by Crippen LogP contribution is 2.24. The molecule has 9 heteroatoms. The number of likely N-dealkylation sites (tertiary alicyclic amines) is 1. The summed E-state index contributed by atoms with van der Waals surface area (Å²) in [5, 5.41) is 4.16. The predicted octanol–water partition coefficient (Wildman–Crippen LogP) is 1.09. The first-order chi connectivity index (χ1) is 11.8. The Balaban J connectivity index is 1.53. The Morgan fingerprint density at radius 2 is 1.92 bits per heavy atom. The normalized spacial score (nSPS) is 24.1. The van der Waals surface area contributed by atoms with E-state index in [1.54, 1.807) is 6.20 Å². The number of piperidine rings is 1. The van der Waals surface area contributed by atoms with Crippen LogP contribution in [-0.4, -0.2) is 81.9 Å². The van der Waals surface area contributed by atoms with Gasteiger partial charge >= 0.3 is 6.18 Å². The molecule has 0 bridgehead atoms. The second kappa shape index (κ2) is 7.33. The van der Waals surface area contributed by atoms with Gasteiger partial charge in [0.15, 0.2) is 0 Å². The molecular formula is C16H24F3N5O. The third-order valence-corrected chi connectivity index (χ3v) is 5.03. The van der Waals surface area contributed by atoms with Crippen molar-refractivity contribution < 1.29 is 18.0 Å². The van der Waals surface area contributed by atoms with Gasteiger partial charge < -0.3 is 4.90 Å². The number of amides is 1. The van der Waals surface area contributed by atoms with Gasteiger partial charge in [0.05, 0.1) is 11.7 Å². The van der Waals surface area contributed by atoms with Gasteiger partial charge in [-0.05, 0) is 18.9 Å². The lowest BCUT2D eigenvalue weighted by Gasteiger charge is -2.42. The van der Waals surface area contributed by atoms with Crippen molar-refractivity contribution in [3.05, 3.63) is 18.0 Å². The summed E-state index contributed by atoms with van der Waals surface area (Å²) in [4.78, 5) is 17.7. The van der Waals surface area contributed by atoms with Crippen LogP contribution in [-0.2, 0) is 18.4 Å². The molecule has 1 amide bonds. The van der Waals surface area contributed by atoms with E-state index in [-0.39, 0.29) is 12.5 Å². The van der Waals surface area contributed by atoms with Crippen LogP contribution in [0, 0.1) is 0 Å². The summed E-state index contributed by atoms with van der Waals surface area (Å²) in [6.07, 6.45) is -1.29. The third-order valence-electron chi connectivity index (χ3n) is 5.03. The van der Waals surface area contributed by atoms with Crippen LogP contribution in [0.2, 0.25) is 0 Å². The van der Waals surface area contributed by atoms with Crippen molar-refractivity contribution in [2.45, 2.75) is 31.6 Å². The molecule has 2 aliphatic rings. The molecule has 0 radical (unpaired) electrons. The molecule has 0 aliphatic carbocycles. The van der Waals surface area contributed by atoms with Gasteiger partial charge in [-0.15, -0.1) is 0 Å². The topological polar surface area (TPSA) is 44.6 Å². The molecule has 0 saturated carbocycles. The quantitative estimate of drug-likeness (QED) is 0.807. The lowest BCUT2D eigenvalue weighted by molar-refractivity contribution is -0.168. The second-order valence-corrected chi connectivity index (χ2v) is 6.79. The number of hydrogen-bond acceptors (Lipinski definition) is 4. The van der Waals surface area contributed by atoms with Crippen molar-refractivity contribution >= 4 is 5.91 Å². The number of alkyl halides is 3. The summed E-state index contributed by atoms with van der Waals surface area (Å²) in [7, 11) is 1.90. The first-order valence-electron chi connectivity index (χ1n) is 8.62. The van der Waals surface area contributed by atoms with E-state index in [1.165, 1.54) is 0 Å². The Kier molecular flexibility index (Phi) is 5.33. The summed E-state index contributed by atoms with van der Waals surface area (Å²) in [5.74, 6) is -0.372. The van der Waals surface area contributed by atoms with Gasteiger partial charge in [-0.2, -0.15) is 18.3 Å². The molecule has 1 atom stereocenters. The van der Waals surface area contributed by atoms with Crippen LogP contribution in [0.15, 0.2) is 12.3 Å². The molecule has 6 nitrogen and oxygen atoms in total. The van der Waals surface area contributed by atoms with E-state index >= 15 is 0 Å². The fraction of sp³-hybridized carbons (Fsp3) is 0.750. The lowest BCUT2D eigenvalue weighted by Crippen LogP contribution is -2.58. The molecule has 2 fully saturated rings. The van der Waals surface area contributed by atoms with E-state index in [4.69, 9.17) is 0 Å². The van der Waals surface area contributed by atoms with Gasteiger partial charge in [-0.3, -0.25) is 19.3 Å². The Morgan fingerprint density at radius 1 is 1.20 bits per heavy atom. The number of carbonyl (C=O) groups excluding carboxylic acids is 1. The molecule has 3 rings (SSSR count). The summed E-state index contributed by atoms with van der Waals surface area (Å²) in [6, 6.07) is 1.57. The fourth-order valence-electron chi connectivity index (χ4n) is 3.65. The monoisotopic (exact) mass is 359 g/mol. The van der Waals surface area contributed by atoms with Crippen LogP contribution in [0.4, 0.5) is 13.2 Å². The van der Waals surface area contributed by atoms with Crippen LogP contribution < -0.4 is 0 Å². The van der Waals surface area contributed by atoms with Crippen LogP contribution in [0.3, 0.4) is 0 Å². The highest BCUT2D eigenvalue weighted by Gasteiger charge is 2.39. The highest BCUT2D eigenvalue weighted by molar-refractivity contribution is 5.82. The first kappa shape index (κ1) is 18.2. The summed E-state index contributed by atoms with van der Waals surface area (Å²) in [5.41, 5.74) is 1.12. The SMILES string of the molecule is Cn1nccc1CN1CCN(C2CCCN(CC(F)(F)F)C2=O)CC1. The van der Waals surface area contributed by atoms with Gasteiger partial charge in [0.25, 0.3) is 0 Å². The zero-order valence-electron chi connectivity index (χ0n) is 14.4. The predicted molar refractivity (Wildman–Crippen MR) is 85.7 cm³/mol. The molecule has 0 spiro atoms. The number of hydrogen-bond donors (Lipinski definition) is 0. The zero-order chi connectivity index (χ0) is 18.0. The smallest absolute Gasteiger partial charge is 0.332 e. The largest absolute Gasteiger partial charge is 0.406 e. The third kappa shape index (κ3) is 4.52. The van der Waals surface area contributed by atoms with Gasteiger partial charge in [-0.25, -0.2) is 0 Å². The number of rotatable bonds is 4. The summed E-state index contributed by atoms with van der Waals surface area (Å²) >= 11 is 0. The van der Waals surface area contributed by atoms with E-state index < -0.39 is 18.8 Å². The minimum Gasteiger partial charge on any atom is -0.332 e. The van der Waals surface area contributed by atoms with Crippen molar-refractivity contribution in [1.29, 1.82) is 0 Å². The van der Waals surface area contributed by atoms with Crippen LogP contribution in [0.25, 0.3) is 0 Å². The molecule has 1 unspecified atom stereocenters. The first-order valence-corrected chi connectivity index (χ1v) is 8.62. The van der Waals surface area contributed by atoms with Gasteiger partial charge in [0.2, 0.25) is 5.91 Å². The Bertz CT molecular complexity index is 595. The summed E-state index contributed by atoms with van der Waals surface area (Å²) < 4.78 is 39.7. The maximum Gasteiger partial charge on any atom is 0.406 e. The van der Waals surface area contributed by atoms with E-state index in [0.29, 0.717) is 25.9 Å². The lowest BCUT2D eigenvalue weighted by atomic mass is 10.0. The average molecular weight is 359 g/mol. The second-order valence-electron chi connectivity index (χ2n) is 6.79. The van der Waals surface area contributed by atoms with E-state index in [1.807, 2.05) is 22.7 Å². The van der Waals surface area contributed by atoms with Crippen LogP contribution in [0.1, 0.15) is 18.5 Å². The minimum absolute atomic E-state index is 0.204. The van der Waals surface area contributed by atoms with Crippen molar-refractivity contribution in [2.75, 3.05) is 39.3 Å². The van der Waals surface area contributed by atoms with Gasteiger partial charge in [0, 0.05) is 52.5 Å². The van der Waals surface area contributed by atoms with Gasteiger partial charge in [0.1, 0.15) is 6.54 Å². The Morgan fingerprint density at radius 3 is 2.52 bits per heavy atom. The average Bonchev–Trinajstić information content (AvgIpc) is 2.94. The fourth-order valence-corrected chi connectivity index (χ4v) is 3.65. The van der Waals surface area contributed by atoms with E-state index in [2.05, 4.69) is 10.00 Å². The van der Waals surface area contributed by atoms with Crippen molar-refractivity contribution in [3.63, 3.8) is 0 Å². The molecule has 140 valence electrons. The molecule has 1 aromatic rings.